The number of halogens is 1. The van der Waals surface area contributed by atoms with Crippen LogP contribution in [0, 0.1) is 11.8 Å². The number of phenols is 1. The van der Waals surface area contributed by atoms with E-state index < -0.39 is 0 Å². The van der Waals surface area contributed by atoms with E-state index in [1.807, 2.05) is 6.07 Å². The summed E-state index contributed by atoms with van der Waals surface area (Å²) in [6.07, 6.45) is 5.15. The van der Waals surface area contributed by atoms with E-state index in [-0.39, 0.29) is 23.1 Å². The van der Waals surface area contributed by atoms with Crippen molar-refractivity contribution >= 4 is 21.7 Å². The van der Waals surface area contributed by atoms with Crippen molar-refractivity contribution in [2.24, 2.45) is 17.6 Å². The first-order chi connectivity index (χ1) is 12.5. The van der Waals surface area contributed by atoms with Crippen molar-refractivity contribution in [3.8, 4) is 11.5 Å². The first-order valence-electron chi connectivity index (χ1n) is 9.24. The summed E-state index contributed by atoms with van der Waals surface area (Å²) in [5.74, 6) is 1.83. The molecule has 3 N–H and O–H groups in total. The van der Waals surface area contributed by atoms with E-state index in [4.69, 9.17) is 9.47 Å². The number of methoxy groups -OCH3 is 2. The highest BCUT2D eigenvalue weighted by atomic mass is 79.9. The van der Waals surface area contributed by atoms with Gasteiger partial charge in [-0.2, -0.15) is 0 Å². The molecule has 2 bridgehead atoms. The first kappa shape index (κ1) is 19.6. The number of hydrogen-bond donors (Lipinski definition) is 2. The summed E-state index contributed by atoms with van der Waals surface area (Å²) in [7, 11) is 4.70. The zero-order valence-electron chi connectivity index (χ0n) is 15.7. The Morgan fingerprint density at radius 3 is 2.73 bits per heavy atom. The van der Waals surface area contributed by atoms with Gasteiger partial charge in [0, 0.05) is 29.0 Å². The molecule has 0 radical (unpaired) electrons. The number of carbonyl (C=O) groups is 1. The van der Waals surface area contributed by atoms with Gasteiger partial charge in [0.25, 0.3) is 0 Å². The molecule has 6 heteroatoms. The molecule has 0 saturated heterocycles. The molecule has 26 heavy (non-hydrogen) atoms. The van der Waals surface area contributed by atoms with Crippen molar-refractivity contribution in [2.45, 2.75) is 50.0 Å². The minimum Gasteiger partial charge on any atom is -0.504 e. The number of Topliss-reactive ketones (excluding diaryl/α,β-unsaturated/α-hetero) is 1. The molecule has 0 aliphatic heterocycles. The Kier molecular flexibility index (Phi) is 5.66. The number of ether oxygens (including phenoxy) is 2. The Labute approximate surface area is 163 Å². The fourth-order valence-corrected chi connectivity index (χ4v) is 6.19. The molecule has 3 aliphatic carbocycles. The molecule has 3 aliphatic rings. The summed E-state index contributed by atoms with van der Waals surface area (Å²) in [5.41, 5.74) is 6.36. The van der Waals surface area contributed by atoms with Gasteiger partial charge in [0.15, 0.2) is 17.3 Å². The lowest BCUT2D eigenvalue weighted by atomic mass is 9.48. The molecule has 0 amide bonds. The highest BCUT2D eigenvalue weighted by molar-refractivity contribution is 9.10. The number of hydrogen-bond acceptors (Lipinski definition) is 5. The number of benzene rings is 1. The normalized spacial score (nSPS) is 32.0. The lowest BCUT2D eigenvalue weighted by Gasteiger charge is -2.56. The molecule has 4 rings (SSSR count). The van der Waals surface area contributed by atoms with Crippen molar-refractivity contribution in [1.29, 1.82) is 0 Å². The summed E-state index contributed by atoms with van der Waals surface area (Å²) < 4.78 is 11.8. The molecule has 4 atom stereocenters. The Bertz CT molecular complexity index is 708. The van der Waals surface area contributed by atoms with E-state index in [0.29, 0.717) is 24.0 Å². The van der Waals surface area contributed by atoms with Gasteiger partial charge >= 0.3 is 0 Å². The minimum absolute atomic E-state index is 0.167. The van der Waals surface area contributed by atoms with Crippen LogP contribution in [-0.4, -0.2) is 38.3 Å². The molecule has 3 unspecified atom stereocenters. The molecular weight excluding hydrogens is 398 g/mol. The highest BCUT2D eigenvalue weighted by Crippen LogP contribution is 2.62. The molecule has 1 aromatic rings. The minimum atomic E-state index is -0.290. The van der Waals surface area contributed by atoms with Gasteiger partial charge in [0.05, 0.1) is 7.11 Å². The zero-order valence-corrected chi connectivity index (χ0v) is 17.3. The van der Waals surface area contributed by atoms with Crippen LogP contribution in [0.1, 0.15) is 43.2 Å². The molecule has 0 aromatic heterocycles. The van der Waals surface area contributed by atoms with E-state index >= 15 is 0 Å². The lowest BCUT2D eigenvalue weighted by Crippen LogP contribution is -2.55. The summed E-state index contributed by atoms with van der Waals surface area (Å²) in [4.78, 5) is 12.7. The Hall–Kier alpha value is -1.11. The summed E-state index contributed by atoms with van der Waals surface area (Å²) in [5, 5.41) is 10.9. The first-order valence-corrected chi connectivity index (χ1v) is 10.0. The van der Waals surface area contributed by atoms with Gasteiger partial charge in [-0.1, -0.05) is 22.4 Å². The molecule has 144 valence electrons. The van der Waals surface area contributed by atoms with E-state index in [2.05, 4.69) is 21.7 Å². The number of phenolic OH excluding ortho intramolecular Hbond substituents is 1. The van der Waals surface area contributed by atoms with Crippen molar-refractivity contribution < 1.29 is 19.4 Å². The number of ketones is 1. The second-order valence-corrected chi connectivity index (χ2v) is 8.34. The second kappa shape index (κ2) is 7.49. The third-order valence-electron chi connectivity index (χ3n) is 6.58. The molecular formula is C20H28BrNO4. The van der Waals surface area contributed by atoms with Gasteiger partial charge < -0.3 is 20.3 Å². The van der Waals surface area contributed by atoms with Crippen LogP contribution in [-0.2, 0) is 21.4 Å². The zero-order chi connectivity index (χ0) is 19.1. The molecule has 0 spiro atoms. The predicted molar refractivity (Wildman–Crippen MR) is 104 cm³/mol. The molecule has 2 saturated carbocycles. The fourth-order valence-electron chi connectivity index (χ4n) is 5.62. The maximum absolute atomic E-state index is 12.7. The van der Waals surface area contributed by atoms with Crippen molar-refractivity contribution in [1.82, 2.24) is 0 Å². The fraction of sp³-hybridized carbons (Fsp3) is 0.650. The largest absolute Gasteiger partial charge is 0.504 e. The standard InChI is InChI=1S/C19H23BrO4.CH5N/c1-23-15-7-12-10-4-3-5-19(12,9-14(15)21)17-11(6-10)13(20)8-16(24-2)18(17)22;1-2/h8,10,12,15,22H,3-7,9H2,1-2H3;2H2,1H3/t10?,12?,15?,19-;/m1./s1. The second-order valence-electron chi connectivity index (χ2n) is 7.49. The lowest BCUT2D eigenvalue weighted by molar-refractivity contribution is -0.140. The molecule has 0 heterocycles. The topological polar surface area (TPSA) is 81.8 Å². The van der Waals surface area contributed by atoms with Crippen LogP contribution in [0.5, 0.6) is 11.5 Å². The van der Waals surface area contributed by atoms with Crippen LogP contribution in [0.2, 0.25) is 0 Å². The monoisotopic (exact) mass is 425 g/mol. The SMILES string of the molecule is CN.COc1cc(Br)c2c(c1O)[C@@]13CCCC(C2)C1CC(OC)C(=O)C3. The molecule has 2 fully saturated rings. The Morgan fingerprint density at radius 1 is 1.35 bits per heavy atom. The van der Waals surface area contributed by atoms with Gasteiger partial charge in [0.2, 0.25) is 0 Å². The number of nitrogens with two attached hydrogens (primary N) is 1. The smallest absolute Gasteiger partial charge is 0.162 e. The van der Waals surface area contributed by atoms with Crippen molar-refractivity contribution in [3.05, 3.63) is 21.7 Å². The van der Waals surface area contributed by atoms with Crippen molar-refractivity contribution in [3.63, 3.8) is 0 Å². The van der Waals surface area contributed by atoms with Crippen LogP contribution < -0.4 is 10.5 Å². The molecule has 1 aromatic carbocycles. The number of rotatable bonds is 2. The number of aromatic hydroxyl groups is 1. The highest BCUT2D eigenvalue weighted by Gasteiger charge is 2.57. The van der Waals surface area contributed by atoms with E-state index in [9.17, 15) is 9.90 Å². The average molecular weight is 426 g/mol. The summed E-state index contributed by atoms with van der Waals surface area (Å²) >= 11 is 3.67. The van der Waals surface area contributed by atoms with Gasteiger partial charge in [-0.3, -0.25) is 4.79 Å². The predicted octanol–water partition coefficient (Wildman–Crippen LogP) is 3.33. The third kappa shape index (κ3) is 2.77. The van der Waals surface area contributed by atoms with Crippen LogP contribution in [0.15, 0.2) is 10.5 Å². The summed E-state index contributed by atoms with van der Waals surface area (Å²) in [6.45, 7) is 0. The van der Waals surface area contributed by atoms with Crippen LogP contribution in [0.25, 0.3) is 0 Å². The van der Waals surface area contributed by atoms with Crippen LogP contribution in [0.4, 0.5) is 0 Å². The Morgan fingerprint density at radius 2 is 2.08 bits per heavy atom. The number of carbonyl (C=O) groups excluding carboxylic acids is 1. The maximum atomic E-state index is 12.7. The average Bonchev–Trinajstić information content (AvgIpc) is 2.64. The maximum Gasteiger partial charge on any atom is 0.162 e. The van der Waals surface area contributed by atoms with Gasteiger partial charge in [-0.05, 0) is 56.2 Å². The quantitative estimate of drug-likeness (QED) is 0.758. The van der Waals surface area contributed by atoms with E-state index in [1.165, 1.54) is 13.5 Å². The third-order valence-corrected chi connectivity index (χ3v) is 7.29. The van der Waals surface area contributed by atoms with Gasteiger partial charge in [-0.15, -0.1) is 0 Å². The van der Waals surface area contributed by atoms with E-state index in [0.717, 1.165) is 41.3 Å². The number of fused-ring (bicyclic) bond motifs is 1. The van der Waals surface area contributed by atoms with Gasteiger partial charge in [-0.25, -0.2) is 0 Å². The Balaban J connectivity index is 0.000000948. The van der Waals surface area contributed by atoms with Crippen molar-refractivity contribution in [2.75, 3.05) is 21.3 Å². The van der Waals surface area contributed by atoms with E-state index in [1.54, 1.807) is 14.2 Å². The van der Waals surface area contributed by atoms with Gasteiger partial charge in [0.1, 0.15) is 6.10 Å². The van der Waals surface area contributed by atoms with Crippen LogP contribution in [0.3, 0.4) is 0 Å². The molecule has 5 nitrogen and oxygen atoms in total. The summed E-state index contributed by atoms with van der Waals surface area (Å²) in [6, 6.07) is 1.85. The van der Waals surface area contributed by atoms with Crippen LogP contribution >= 0.6 is 15.9 Å².